The Morgan fingerprint density at radius 3 is 1.33 bits per heavy atom. The van der Waals surface area contributed by atoms with Gasteiger partial charge in [0.2, 0.25) is 0 Å². The third-order valence-electron chi connectivity index (χ3n) is 7.64. The number of unbranched alkanes of at least 4 members (excludes halogenated alkanes) is 9. The quantitative estimate of drug-likeness (QED) is 0.0425. The number of carbonyl (C=O) groups is 2. The van der Waals surface area contributed by atoms with Crippen molar-refractivity contribution in [3.05, 3.63) is 97.2 Å². The van der Waals surface area contributed by atoms with Gasteiger partial charge >= 0.3 is 11.9 Å². The van der Waals surface area contributed by atoms with E-state index in [2.05, 4.69) is 111 Å². The van der Waals surface area contributed by atoms with E-state index in [0.29, 0.717) is 12.8 Å². The topological polar surface area (TPSA) is 72.8 Å². The molecule has 1 atom stereocenters. The standard InChI is InChI=1S/C44H70O5/c1-3-5-7-9-11-12-13-14-15-16-17-18-19-20-21-22-23-24-25-26-27-28-29-30-31-32-33-35-37-39-44(47)49-42(40-45)41-48-43(46)38-36-34-10-8-6-4-2/h5,7,11-12,14-15,17-18,20-21,23-24,26-27,29-30,42,45H,3-4,6,8-10,13,16,19,22,25,28,31-41H2,1-2H3/b7-5-,12-11-,15-14-,18-17-,21-20-,24-23-,27-26-,30-29-. The zero-order valence-electron chi connectivity index (χ0n) is 31.2. The molecule has 0 aromatic rings. The molecular formula is C44H70O5. The molecule has 0 aliphatic carbocycles. The van der Waals surface area contributed by atoms with E-state index in [1.54, 1.807) is 0 Å². The van der Waals surface area contributed by atoms with Crippen molar-refractivity contribution in [2.45, 2.75) is 155 Å². The Bertz CT molecular complexity index is 995. The molecule has 0 fully saturated rings. The zero-order valence-corrected chi connectivity index (χ0v) is 31.2. The number of allylic oxidation sites excluding steroid dienone is 16. The predicted molar refractivity (Wildman–Crippen MR) is 209 cm³/mol. The molecule has 5 nitrogen and oxygen atoms in total. The van der Waals surface area contributed by atoms with Crippen LogP contribution in [0.4, 0.5) is 0 Å². The van der Waals surface area contributed by atoms with Crippen molar-refractivity contribution >= 4 is 11.9 Å². The van der Waals surface area contributed by atoms with Gasteiger partial charge in [0, 0.05) is 12.8 Å². The third kappa shape index (κ3) is 37.5. The smallest absolute Gasteiger partial charge is 0.306 e. The summed E-state index contributed by atoms with van der Waals surface area (Å²) in [6.45, 7) is 3.91. The Kier molecular flexibility index (Phi) is 36.7. The summed E-state index contributed by atoms with van der Waals surface area (Å²) in [5.41, 5.74) is 0. The minimum absolute atomic E-state index is 0.0824. The third-order valence-corrected chi connectivity index (χ3v) is 7.64. The fourth-order valence-electron chi connectivity index (χ4n) is 4.74. The number of aliphatic hydroxyl groups is 1. The second-order valence-corrected chi connectivity index (χ2v) is 12.3. The molecule has 0 radical (unpaired) electrons. The van der Waals surface area contributed by atoms with Crippen LogP contribution in [0.25, 0.3) is 0 Å². The van der Waals surface area contributed by atoms with E-state index in [4.69, 9.17) is 9.47 Å². The van der Waals surface area contributed by atoms with Crippen LogP contribution in [-0.4, -0.2) is 36.4 Å². The molecule has 0 rings (SSSR count). The van der Waals surface area contributed by atoms with Crippen LogP contribution in [0.1, 0.15) is 149 Å². The molecule has 49 heavy (non-hydrogen) atoms. The van der Waals surface area contributed by atoms with Crippen molar-refractivity contribution in [1.82, 2.24) is 0 Å². The van der Waals surface area contributed by atoms with Gasteiger partial charge in [-0.1, -0.05) is 156 Å². The summed E-state index contributed by atoms with van der Waals surface area (Å²) in [5, 5.41) is 9.48. The van der Waals surface area contributed by atoms with Crippen LogP contribution in [0.2, 0.25) is 0 Å². The van der Waals surface area contributed by atoms with Crippen molar-refractivity contribution in [3.63, 3.8) is 0 Å². The first-order valence-corrected chi connectivity index (χ1v) is 19.3. The maximum atomic E-state index is 12.1. The Balaban J connectivity index is 3.68. The van der Waals surface area contributed by atoms with Crippen LogP contribution >= 0.6 is 0 Å². The van der Waals surface area contributed by atoms with Gasteiger partial charge in [0.25, 0.3) is 0 Å². The molecule has 5 heteroatoms. The highest BCUT2D eigenvalue weighted by molar-refractivity contribution is 5.70. The van der Waals surface area contributed by atoms with Gasteiger partial charge in [-0.25, -0.2) is 0 Å². The molecular weight excluding hydrogens is 608 g/mol. The van der Waals surface area contributed by atoms with Gasteiger partial charge in [-0.15, -0.1) is 0 Å². The monoisotopic (exact) mass is 679 g/mol. The van der Waals surface area contributed by atoms with E-state index in [1.165, 1.54) is 19.3 Å². The van der Waals surface area contributed by atoms with Crippen molar-refractivity contribution < 1.29 is 24.2 Å². The van der Waals surface area contributed by atoms with Gasteiger partial charge in [0.1, 0.15) is 6.61 Å². The normalized spacial score (nSPS) is 13.3. The molecule has 0 saturated heterocycles. The van der Waals surface area contributed by atoms with Gasteiger partial charge < -0.3 is 14.6 Å². The van der Waals surface area contributed by atoms with Gasteiger partial charge in [-0.05, 0) is 77.0 Å². The maximum Gasteiger partial charge on any atom is 0.306 e. The Morgan fingerprint density at radius 2 is 0.878 bits per heavy atom. The molecule has 0 bridgehead atoms. The van der Waals surface area contributed by atoms with E-state index in [1.807, 2.05) is 0 Å². The fraction of sp³-hybridized carbons (Fsp3) is 0.591. The summed E-state index contributed by atoms with van der Waals surface area (Å²) >= 11 is 0. The Hall–Kier alpha value is -3.18. The highest BCUT2D eigenvalue weighted by Crippen LogP contribution is 2.10. The van der Waals surface area contributed by atoms with E-state index in [9.17, 15) is 14.7 Å². The highest BCUT2D eigenvalue weighted by atomic mass is 16.6. The number of carbonyl (C=O) groups excluding carboxylic acids is 2. The van der Waals surface area contributed by atoms with Gasteiger partial charge in [-0.2, -0.15) is 0 Å². The van der Waals surface area contributed by atoms with Crippen LogP contribution < -0.4 is 0 Å². The molecule has 276 valence electrons. The minimum Gasteiger partial charge on any atom is -0.462 e. The summed E-state index contributed by atoms with van der Waals surface area (Å²) in [5.74, 6) is -0.641. The van der Waals surface area contributed by atoms with Crippen LogP contribution in [0, 0.1) is 0 Å². The van der Waals surface area contributed by atoms with E-state index < -0.39 is 6.10 Å². The first-order valence-electron chi connectivity index (χ1n) is 19.3. The lowest BCUT2D eigenvalue weighted by molar-refractivity contribution is -0.161. The largest absolute Gasteiger partial charge is 0.462 e. The SMILES string of the molecule is CC/C=C\C/C=C\C/C=C\C/C=C\C/C=C\C/C=C\C/C=C\C/C=C\CCCCCCC(=O)OC(CO)COC(=O)CCCCCCCC. The minimum atomic E-state index is -0.786. The summed E-state index contributed by atoms with van der Waals surface area (Å²) in [6.07, 6.45) is 55.0. The fourth-order valence-corrected chi connectivity index (χ4v) is 4.74. The van der Waals surface area contributed by atoms with E-state index in [-0.39, 0.29) is 25.2 Å². The number of hydrogen-bond acceptors (Lipinski definition) is 5. The molecule has 0 spiro atoms. The second-order valence-electron chi connectivity index (χ2n) is 12.3. The lowest BCUT2D eigenvalue weighted by Crippen LogP contribution is -2.28. The van der Waals surface area contributed by atoms with E-state index >= 15 is 0 Å². The summed E-state index contributed by atoms with van der Waals surface area (Å²) < 4.78 is 10.5. The van der Waals surface area contributed by atoms with Gasteiger partial charge in [-0.3, -0.25) is 9.59 Å². The van der Waals surface area contributed by atoms with E-state index in [0.717, 1.165) is 103 Å². The number of ether oxygens (including phenoxy) is 2. The van der Waals surface area contributed by atoms with Crippen LogP contribution in [0.3, 0.4) is 0 Å². The molecule has 0 amide bonds. The van der Waals surface area contributed by atoms with Crippen LogP contribution in [0.15, 0.2) is 97.2 Å². The van der Waals surface area contributed by atoms with Crippen molar-refractivity contribution in [2.75, 3.05) is 13.2 Å². The lowest BCUT2D eigenvalue weighted by atomic mass is 10.1. The molecule has 1 unspecified atom stereocenters. The van der Waals surface area contributed by atoms with Gasteiger partial charge in [0.15, 0.2) is 6.10 Å². The van der Waals surface area contributed by atoms with Crippen LogP contribution in [-0.2, 0) is 19.1 Å². The summed E-state index contributed by atoms with van der Waals surface area (Å²) in [6, 6.07) is 0. The zero-order chi connectivity index (χ0) is 35.7. The molecule has 0 aliphatic rings. The maximum absolute atomic E-state index is 12.1. The van der Waals surface area contributed by atoms with Crippen molar-refractivity contribution in [2.24, 2.45) is 0 Å². The first-order chi connectivity index (χ1) is 24.1. The van der Waals surface area contributed by atoms with Crippen LogP contribution in [0.5, 0.6) is 0 Å². The number of hydrogen-bond donors (Lipinski definition) is 1. The Labute approximate surface area is 300 Å². The molecule has 0 aromatic heterocycles. The number of rotatable bonds is 33. The average Bonchev–Trinajstić information content (AvgIpc) is 3.10. The van der Waals surface area contributed by atoms with Crippen molar-refractivity contribution in [1.29, 1.82) is 0 Å². The average molecular weight is 679 g/mol. The Morgan fingerprint density at radius 1 is 0.490 bits per heavy atom. The first kappa shape index (κ1) is 45.8. The molecule has 0 aliphatic heterocycles. The molecule has 0 aromatic carbocycles. The number of esters is 2. The predicted octanol–water partition coefficient (Wildman–Crippen LogP) is 12.1. The molecule has 0 heterocycles. The molecule has 1 N–H and O–H groups in total. The number of aliphatic hydroxyl groups excluding tert-OH is 1. The summed E-state index contributed by atoms with van der Waals surface area (Å²) in [4.78, 5) is 24.0. The second kappa shape index (κ2) is 39.3. The lowest BCUT2D eigenvalue weighted by Gasteiger charge is -2.15. The van der Waals surface area contributed by atoms with Gasteiger partial charge in [0.05, 0.1) is 6.61 Å². The molecule has 0 saturated carbocycles. The highest BCUT2D eigenvalue weighted by Gasteiger charge is 2.16. The van der Waals surface area contributed by atoms with Crippen molar-refractivity contribution in [3.8, 4) is 0 Å². The summed E-state index contributed by atoms with van der Waals surface area (Å²) in [7, 11) is 0.